The first kappa shape index (κ1) is 14.4. The highest BCUT2D eigenvalue weighted by atomic mass is 16.5. The van der Waals surface area contributed by atoms with Crippen LogP contribution in [0.2, 0.25) is 0 Å². The van der Waals surface area contributed by atoms with Crippen LogP contribution in [0.25, 0.3) is 0 Å². The van der Waals surface area contributed by atoms with Crippen LogP contribution in [0.4, 0.5) is 5.82 Å². The predicted molar refractivity (Wildman–Crippen MR) is 69.4 cm³/mol. The van der Waals surface area contributed by atoms with Gasteiger partial charge in [-0.3, -0.25) is 4.98 Å². The van der Waals surface area contributed by atoms with Gasteiger partial charge in [-0.2, -0.15) is 0 Å². The smallest absolute Gasteiger partial charge is 0.358 e. The fraction of sp³-hybridized carbons (Fsp3) is 0.583. The maximum absolute atomic E-state index is 11.3. The lowest BCUT2D eigenvalue weighted by atomic mass is 10.1. The molecule has 0 bridgehead atoms. The Morgan fingerprint density at radius 2 is 2.33 bits per heavy atom. The third kappa shape index (κ3) is 4.29. The monoisotopic (exact) mass is 252 g/mol. The van der Waals surface area contributed by atoms with Crippen molar-refractivity contribution in [3.63, 3.8) is 0 Å². The summed E-state index contributed by atoms with van der Waals surface area (Å²) in [6, 6.07) is 0.146. The lowest BCUT2D eigenvalue weighted by Crippen LogP contribution is -2.29. The highest BCUT2D eigenvalue weighted by Crippen LogP contribution is 2.08. The molecule has 0 amide bonds. The molecule has 0 saturated carbocycles. The van der Waals surface area contributed by atoms with Gasteiger partial charge < -0.3 is 15.8 Å². The zero-order valence-corrected chi connectivity index (χ0v) is 10.8. The first-order chi connectivity index (χ1) is 8.71. The van der Waals surface area contributed by atoms with Crippen LogP contribution < -0.4 is 11.1 Å². The molecule has 1 heterocycles. The van der Waals surface area contributed by atoms with Crippen LogP contribution in [0, 0.1) is 0 Å². The number of ether oxygens (including phenoxy) is 1. The summed E-state index contributed by atoms with van der Waals surface area (Å²) in [5, 5.41) is 3.18. The van der Waals surface area contributed by atoms with Crippen molar-refractivity contribution < 1.29 is 9.53 Å². The zero-order valence-electron chi connectivity index (χ0n) is 10.8. The standard InChI is InChI=1S/C12H20N4O2/c1-3-4-5-9(6-13)15-11-8-14-7-10(16-11)12(17)18-2/h7-9H,3-6,13H2,1-2H3,(H,15,16). The number of anilines is 1. The quantitative estimate of drug-likeness (QED) is 0.708. The minimum absolute atomic E-state index is 0.146. The molecule has 1 rings (SSSR count). The number of hydrogen-bond acceptors (Lipinski definition) is 6. The van der Waals surface area contributed by atoms with Gasteiger partial charge in [-0.15, -0.1) is 0 Å². The van der Waals surface area contributed by atoms with Gasteiger partial charge in [-0.05, 0) is 6.42 Å². The highest BCUT2D eigenvalue weighted by Gasteiger charge is 2.11. The van der Waals surface area contributed by atoms with Gasteiger partial charge in [0.05, 0.1) is 19.5 Å². The second kappa shape index (κ2) is 7.60. The van der Waals surface area contributed by atoms with Crippen molar-refractivity contribution in [2.24, 2.45) is 5.73 Å². The van der Waals surface area contributed by atoms with E-state index in [1.807, 2.05) is 0 Å². The number of carbonyl (C=O) groups excluding carboxylic acids is 1. The highest BCUT2D eigenvalue weighted by molar-refractivity contribution is 5.87. The summed E-state index contributed by atoms with van der Waals surface area (Å²) in [5.41, 5.74) is 5.87. The van der Waals surface area contributed by atoms with E-state index in [-0.39, 0.29) is 11.7 Å². The van der Waals surface area contributed by atoms with E-state index in [1.54, 1.807) is 6.20 Å². The second-order valence-corrected chi connectivity index (χ2v) is 4.00. The molecule has 0 fully saturated rings. The van der Waals surface area contributed by atoms with Crippen molar-refractivity contribution in [1.82, 2.24) is 9.97 Å². The molecule has 0 aromatic carbocycles. The minimum Gasteiger partial charge on any atom is -0.464 e. The maximum Gasteiger partial charge on any atom is 0.358 e. The maximum atomic E-state index is 11.3. The van der Waals surface area contributed by atoms with E-state index >= 15 is 0 Å². The van der Waals surface area contributed by atoms with Crippen LogP contribution in [0.1, 0.15) is 36.7 Å². The SMILES string of the molecule is CCCCC(CN)Nc1cncc(C(=O)OC)n1. The molecule has 6 heteroatoms. The van der Waals surface area contributed by atoms with E-state index in [0.29, 0.717) is 12.4 Å². The Hall–Kier alpha value is -1.69. The molecule has 0 aliphatic carbocycles. The Bertz CT molecular complexity index is 384. The average Bonchev–Trinajstić information content (AvgIpc) is 2.42. The molecule has 6 nitrogen and oxygen atoms in total. The average molecular weight is 252 g/mol. The van der Waals surface area contributed by atoms with Crippen LogP contribution in [-0.2, 0) is 4.74 Å². The molecule has 1 aromatic heterocycles. The number of unbranched alkanes of at least 4 members (excludes halogenated alkanes) is 1. The largest absolute Gasteiger partial charge is 0.464 e. The van der Waals surface area contributed by atoms with Crippen molar-refractivity contribution >= 4 is 11.8 Å². The van der Waals surface area contributed by atoms with Crippen LogP contribution >= 0.6 is 0 Å². The summed E-state index contributed by atoms with van der Waals surface area (Å²) < 4.78 is 4.59. The summed E-state index contributed by atoms with van der Waals surface area (Å²) in [6.45, 7) is 2.65. The van der Waals surface area contributed by atoms with Crippen molar-refractivity contribution in [1.29, 1.82) is 0 Å². The zero-order chi connectivity index (χ0) is 13.4. The Balaban J connectivity index is 2.68. The van der Waals surface area contributed by atoms with Crippen LogP contribution in [0.15, 0.2) is 12.4 Å². The Labute approximate surface area is 107 Å². The van der Waals surface area contributed by atoms with E-state index in [4.69, 9.17) is 5.73 Å². The van der Waals surface area contributed by atoms with Crippen molar-refractivity contribution in [2.75, 3.05) is 19.0 Å². The normalized spacial score (nSPS) is 11.9. The molecular formula is C12H20N4O2. The van der Waals surface area contributed by atoms with Gasteiger partial charge in [-0.1, -0.05) is 19.8 Å². The number of nitrogens with two attached hydrogens (primary N) is 1. The minimum atomic E-state index is -0.496. The summed E-state index contributed by atoms with van der Waals surface area (Å²) in [5.74, 6) is 0.0495. The molecule has 1 unspecified atom stereocenters. The van der Waals surface area contributed by atoms with Gasteiger partial charge in [0.2, 0.25) is 0 Å². The van der Waals surface area contributed by atoms with Crippen molar-refractivity contribution in [3.05, 3.63) is 18.1 Å². The van der Waals surface area contributed by atoms with Crippen LogP contribution in [-0.4, -0.2) is 35.6 Å². The van der Waals surface area contributed by atoms with Gasteiger partial charge in [0.25, 0.3) is 0 Å². The number of nitrogens with zero attached hydrogens (tertiary/aromatic N) is 2. The number of methoxy groups -OCH3 is 1. The van der Waals surface area contributed by atoms with E-state index in [2.05, 4.69) is 26.9 Å². The summed E-state index contributed by atoms with van der Waals surface area (Å²) in [6.07, 6.45) is 6.13. The molecule has 0 aliphatic heterocycles. The Morgan fingerprint density at radius 3 is 2.94 bits per heavy atom. The van der Waals surface area contributed by atoms with Gasteiger partial charge in [0, 0.05) is 12.6 Å². The van der Waals surface area contributed by atoms with Gasteiger partial charge in [0.1, 0.15) is 5.82 Å². The molecule has 0 radical (unpaired) electrons. The van der Waals surface area contributed by atoms with Gasteiger partial charge in [-0.25, -0.2) is 9.78 Å². The van der Waals surface area contributed by atoms with Crippen molar-refractivity contribution in [2.45, 2.75) is 32.2 Å². The third-order valence-electron chi connectivity index (χ3n) is 2.57. The molecule has 1 atom stereocenters. The molecule has 3 N–H and O–H groups in total. The van der Waals surface area contributed by atoms with E-state index in [0.717, 1.165) is 19.3 Å². The lowest BCUT2D eigenvalue weighted by molar-refractivity contribution is 0.0593. The van der Waals surface area contributed by atoms with E-state index in [1.165, 1.54) is 13.3 Å². The van der Waals surface area contributed by atoms with E-state index in [9.17, 15) is 4.79 Å². The predicted octanol–water partition coefficient (Wildman–Crippen LogP) is 1.19. The van der Waals surface area contributed by atoms with Crippen molar-refractivity contribution in [3.8, 4) is 0 Å². The fourth-order valence-corrected chi connectivity index (χ4v) is 1.55. The number of carbonyl (C=O) groups is 1. The fourth-order valence-electron chi connectivity index (χ4n) is 1.55. The number of aromatic nitrogens is 2. The first-order valence-electron chi connectivity index (χ1n) is 6.08. The summed E-state index contributed by atoms with van der Waals surface area (Å²) in [7, 11) is 1.31. The van der Waals surface area contributed by atoms with Crippen LogP contribution in [0.5, 0.6) is 0 Å². The molecule has 0 saturated heterocycles. The molecule has 100 valence electrons. The van der Waals surface area contributed by atoms with E-state index < -0.39 is 5.97 Å². The second-order valence-electron chi connectivity index (χ2n) is 4.00. The topological polar surface area (TPSA) is 90.1 Å². The molecule has 1 aromatic rings. The summed E-state index contributed by atoms with van der Waals surface area (Å²) >= 11 is 0. The number of nitrogens with one attached hydrogen (secondary N) is 1. The third-order valence-corrected chi connectivity index (χ3v) is 2.57. The first-order valence-corrected chi connectivity index (χ1v) is 6.08. The number of rotatable bonds is 7. The number of hydrogen-bond donors (Lipinski definition) is 2. The molecule has 0 aliphatic rings. The van der Waals surface area contributed by atoms with Crippen LogP contribution in [0.3, 0.4) is 0 Å². The molecule has 18 heavy (non-hydrogen) atoms. The molecule has 0 spiro atoms. The van der Waals surface area contributed by atoms with Gasteiger partial charge in [0.15, 0.2) is 5.69 Å². The van der Waals surface area contributed by atoms with Gasteiger partial charge >= 0.3 is 5.97 Å². The Kier molecular flexibility index (Phi) is 6.07. The lowest BCUT2D eigenvalue weighted by Gasteiger charge is -2.16. The molecular weight excluding hydrogens is 232 g/mol. The Morgan fingerprint density at radius 1 is 1.56 bits per heavy atom. The number of esters is 1. The summed E-state index contributed by atoms with van der Waals surface area (Å²) in [4.78, 5) is 19.4.